The molecule has 87 heavy (non-hydrogen) atoms. The van der Waals surface area contributed by atoms with E-state index in [2.05, 4.69) is 320 Å². The molecule has 1 aliphatic heterocycles. The summed E-state index contributed by atoms with van der Waals surface area (Å²) >= 11 is 0. The van der Waals surface area contributed by atoms with Gasteiger partial charge in [0, 0.05) is 51.5 Å². The highest BCUT2D eigenvalue weighted by atomic mass is 16.5. The molecule has 0 fully saturated rings. The lowest BCUT2D eigenvalue weighted by Crippen LogP contribution is -2.30. The van der Waals surface area contributed by atoms with Crippen molar-refractivity contribution < 1.29 is 4.74 Å². The van der Waals surface area contributed by atoms with E-state index in [1.807, 2.05) is 6.20 Å². The molecule has 0 spiro atoms. The normalized spacial score (nSPS) is 15.4. The van der Waals surface area contributed by atoms with E-state index in [-0.39, 0.29) is 21.7 Å². The van der Waals surface area contributed by atoms with Crippen LogP contribution in [0.5, 0.6) is 11.5 Å². The van der Waals surface area contributed by atoms with E-state index in [0.717, 1.165) is 74.0 Å². The Morgan fingerprint density at radius 2 is 1.00 bits per heavy atom. The Balaban J connectivity index is 0.924. The Labute approximate surface area is 513 Å². The van der Waals surface area contributed by atoms with Crippen LogP contribution < -0.4 is 14.5 Å². The van der Waals surface area contributed by atoms with Crippen LogP contribution in [0.1, 0.15) is 120 Å². The predicted molar refractivity (Wildman–Crippen MR) is 363 cm³/mol. The molecule has 0 unspecified atom stereocenters. The molecule has 0 radical (unpaired) electrons. The van der Waals surface area contributed by atoms with Gasteiger partial charge in [-0.2, -0.15) is 0 Å². The zero-order valence-electron chi connectivity index (χ0n) is 51.7. The highest BCUT2D eigenvalue weighted by Crippen LogP contribution is 2.61. The molecule has 0 amide bonds. The molecule has 5 nitrogen and oxygen atoms in total. The third-order valence-corrected chi connectivity index (χ3v) is 19.3. The summed E-state index contributed by atoms with van der Waals surface area (Å²) < 4.78 is 9.80. The SMILES string of the molecule is CC(C)(C)c1ccc(C2(c3cc(-c4ccccc4)c(N4CN(c5cc(Oc6ccc7c8ccccc8n(-c8cc(C(C)(C)C)ccn8)c7c6)c6c(c5)C(C)(C)CC6(C)C)c5ccccc54)c(-c4ccccc4)c3)c3ccccc3-c3ccccc32)cc1. The van der Waals surface area contributed by atoms with E-state index in [1.165, 1.54) is 72.1 Å². The first-order valence-electron chi connectivity index (χ1n) is 31.0. The number of fused-ring (bicyclic) bond motifs is 8. The second-order valence-corrected chi connectivity index (χ2v) is 27.9. The Hall–Kier alpha value is -9.45. The van der Waals surface area contributed by atoms with E-state index in [1.54, 1.807) is 0 Å². The van der Waals surface area contributed by atoms with Crippen LogP contribution in [0.15, 0.2) is 243 Å². The van der Waals surface area contributed by atoms with Gasteiger partial charge in [0.1, 0.15) is 24.0 Å². The molecule has 10 aromatic carbocycles. The van der Waals surface area contributed by atoms with E-state index >= 15 is 0 Å². The number of anilines is 4. The fraction of sp³-hybridized carbons (Fsp3) is 0.207. The first-order chi connectivity index (χ1) is 41.9. The fourth-order valence-corrected chi connectivity index (χ4v) is 15.4. The molecule has 2 aromatic heterocycles. The quantitative estimate of drug-likeness (QED) is 0.144. The Morgan fingerprint density at radius 1 is 0.437 bits per heavy atom. The summed E-state index contributed by atoms with van der Waals surface area (Å²) in [4.78, 5) is 10.1. The van der Waals surface area contributed by atoms with Gasteiger partial charge in [0.25, 0.3) is 0 Å². The van der Waals surface area contributed by atoms with Crippen molar-refractivity contribution >= 4 is 44.6 Å². The van der Waals surface area contributed by atoms with E-state index in [0.29, 0.717) is 6.67 Å². The number of para-hydroxylation sites is 3. The van der Waals surface area contributed by atoms with Crippen LogP contribution in [-0.2, 0) is 27.1 Å². The minimum absolute atomic E-state index is 0.00278. The number of nitrogens with zero attached hydrogens (tertiary/aromatic N) is 4. The first kappa shape index (κ1) is 54.2. The van der Waals surface area contributed by atoms with Crippen LogP contribution >= 0.6 is 0 Å². The number of hydrogen-bond acceptors (Lipinski definition) is 4. The summed E-state index contributed by atoms with van der Waals surface area (Å²) in [5.41, 5.74) is 23.2. The van der Waals surface area contributed by atoms with Crippen LogP contribution in [0, 0.1) is 0 Å². The second-order valence-electron chi connectivity index (χ2n) is 27.9. The molecule has 15 rings (SSSR count). The molecule has 5 heteroatoms. The maximum atomic E-state index is 7.48. The van der Waals surface area contributed by atoms with Crippen LogP contribution in [0.4, 0.5) is 22.7 Å². The van der Waals surface area contributed by atoms with Crippen molar-refractivity contribution in [2.24, 2.45) is 0 Å². The summed E-state index contributed by atoms with van der Waals surface area (Å²) in [5.74, 6) is 2.58. The lowest BCUT2D eigenvalue weighted by Gasteiger charge is -2.36. The molecule has 12 aromatic rings. The monoisotopic (exact) mass is 1130 g/mol. The molecule has 3 aliphatic rings. The zero-order chi connectivity index (χ0) is 59.8. The van der Waals surface area contributed by atoms with Gasteiger partial charge in [0.15, 0.2) is 0 Å². The van der Waals surface area contributed by atoms with Gasteiger partial charge in [-0.1, -0.05) is 233 Å². The van der Waals surface area contributed by atoms with Gasteiger partial charge in [0.2, 0.25) is 0 Å². The van der Waals surface area contributed by atoms with Gasteiger partial charge in [-0.15, -0.1) is 0 Å². The fourth-order valence-electron chi connectivity index (χ4n) is 15.4. The minimum atomic E-state index is -0.638. The Morgan fingerprint density at radius 3 is 1.63 bits per heavy atom. The van der Waals surface area contributed by atoms with Gasteiger partial charge in [-0.25, -0.2) is 4.98 Å². The van der Waals surface area contributed by atoms with Crippen LogP contribution in [-0.4, -0.2) is 16.2 Å². The summed E-state index contributed by atoms with van der Waals surface area (Å²) in [6.45, 7) is 23.9. The third kappa shape index (κ3) is 8.67. The molecule has 0 saturated carbocycles. The van der Waals surface area contributed by atoms with Crippen LogP contribution in [0.25, 0.3) is 61.0 Å². The smallest absolute Gasteiger partial charge is 0.137 e. The molecular formula is C82H74N4O. The lowest BCUT2D eigenvalue weighted by atomic mass is 9.66. The molecule has 0 bridgehead atoms. The molecule has 0 saturated heterocycles. The van der Waals surface area contributed by atoms with Crippen LogP contribution in [0.3, 0.4) is 0 Å². The number of hydrogen-bond donors (Lipinski definition) is 0. The molecule has 2 aliphatic carbocycles. The largest absolute Gasteiger partial charge is 0.457 e. The molecule has 0 N–H and O–H groups in total. The molecule has 428 valence electrons. The Kier molecular flexibility index (Phi) is 12.3. The topological polar surface area (TPSA) is 33.5 Å². The van der Waals surface area contributed by atoms with Crippen molar-refractivity contribution in [3.05, 3.63) is 287 Å². The van der Waals surface area contributed by atoms with Gasteiger partial charge in [-0.05, 0) is 150 Å². The maximum absolute atomic E-state index is 7.48. The molecular weight excluding hydrogens is 1060 g/mol. The van der Waals surface area contributed by atoms with Gasteiger partial charge >= 0.3 is 0 Å². The van der Waals surface area contributed by atoms with Crippen molar-refractivity contribution in [3.63, 3.8) is 0 Å². The van der Waals surface area contributed by atoms with Crippen molar-refractivity contribution in [2.45, 2.75) is 103 Å². The summed E-state index contributed by atoms with van der Waals surface area (Å²) in [5, 5.41) is 2.35. The third-order valence-electron chi connectivity index (χ3n) is 19.3. The van der Waals surface area contributed by atoms with E-state index < -0.39 is 5.41 Å². The summed E-state index contributed by atoms with van der Waals surface area (Å²) in [6, 6.07) is 88.6. The first-order valence-corrected chi connectivity index (χ1v) is 31.0. The number of ether oxygens (including phenoxy) is 1. The predicted octanol–water partition coefficient (Wildman–Crippen LogP) is 21.5. The summed E-state index contributed by atoms with van der Waals surface area (Å²) in [6.07, 6.45) is 2.94. The van der Waals surface area contributed by atoms with E-state index in [9.17, 15) is 0 Å². The van der Waals surface area contributed by atoms with Gasteiger partial charge in [-0.3, -0.25) is 4.57 Å². The number of benzene rings is 10. The number of aromatic nitrogens is 2. The zero-order valence-corrected chi connectivity index (χ0v) is 51.7. The Bertz CT molecular complexity index is 4580. The summed E-state index contributed by atoms with van der Waals surface area (Å²) in [7, 11) is 0. The second kappa shape index (κ2) is 19.8. The highest BCUT2D eigenvalue weighted by Gasteiger charge is 2.48. The number of pyridine rings is 1. The van der Waals surface area contributed by atoms with Crippen molar-refractivity contribution in [1.29, 1.82) is 0 Å². The molecule has 0 atom stereocenters. The van der Waals surface area contributed by atoms with Crippen LogP contribution in [0.2, 0.25) is 0 Å². The van der Waals surface area contributed by atoms with Crippen molar-refractivity contribution in [2.75, 3.05) is 16.5 Å². The molecule has 3 heterocycles. The lowest BCUT2D eigenvalue weighted by molar-refractivity contribution is 0.394. The van der Waals surface area contributed by atoms with E-state index in [4.69, 9.17) is 9.72 Å². The highest BCUT2D eigenvalue weighted by molar-refractivity contribution is 6.09. The maximum Gasteiger partial charge on any atom is 0.137 e. The number of rotatable bonds is 9. The minimum Gasteiger partial charge on any atom is -0.457 e. The average molecular weight is 1130 g/mol. The van der Waals surface area contributed by atoms with Crippen molar-refractivity contribution in [1.82, 2.24) is 9.55 Å². The van der Waals surface area contributed by atoms with Gasteiger partial charge < -0.3 is 14.5 Å². The average Bonchev–Trinajstić information content (AvgIpc) is 1.61. The van der Waals surface area contributed by atoms with Gasteiger partial charge in [0.05, 0.1) is 33.5 Å². The standard InChI is InChI=1S/C82H74N4O/c1-78(2,3)55-37-39-56(40-38-55)82(67-32-20-17-29-61(67)62-30-18-21-33-68(62)82)58-45-65(53-25-13-11-14-26-53)77(66(46-58)54-27-15-12-16-28-54)85-52-84(71-35-23-24-36-72(71)85)59-48-69-76(81(9,10)51-80(69,7)8)74(49-59)87-60-41-42-64-63-31-19-22-34-70(63)86(73(64)50-60)75-47-57(43-44-83-75)79(4,5)6/h11-50H,51-52H2,1-10H3. The van der Waals surface area contributed by atoms with Crippen molar-refractivity contribution in [3.8, 4) is 50.7 Å².